The first-order chi connectivity index (χ1) is 7.81. The molecule has 1 aliphatic rings. The molecule has 1 saturated heterocycles. The molecule has 1 aliphatic heterocycles. The Bertz CT molecular complexity index is 265. The number of halogens is 4. The smallest absolute Gasteiger partial charge is 0.381 e. The third kappa shape index (κ3) is 4.71. The molecule has 1 atom stereocenters. The van der Waals surface area contributed by atoms with Crippen molar-refractivity contribution in [3.63, 3.8) is 0 Å². The van der Waals surface area contributed by atoms with Gasteiger partial charge in [0, 0.05) is 19.3 Å². The second-order valence-electron chi connectivity index (χ2n) is 4.04. The largest absolute Gasteiger partial charge is 0.406 e. The average Bonchev–Trinajstić information content (AvgIpc) is 2.25. The molecule has 0 aromatic rings. The summed E-state index contributed by atoms with van der Waals surface area (Å²) >= 11 is 5.58. The SMILES string of the molecule is CC(Cl)C(=O)N(CC(F)(F)F)C1CCOCC1. The lowest BCUT2D eigenvalue weighted by molar-refractivity contribution is -0.168. The van der Waals surface area contributed by atoms with Crippen LogP contribution in [0, 0.1) is 0 Å². The van der Waals surface area contributed by atoms with Crippen molar-refractivity contribution in [2.45, 2.75) is 37.4 Å². The lowest BCUT2D eigenvalue weighted by atomic mass is 10.1. The summed E-state index contributed by atoms with van der Waals surface area (Å²) < 4.78 is 42.3. The van der Waals surface area contributed by atoms with E-state index in [1.807, 2.05) is 0 Å². The maximum atomic E-state index is 12.4. The van der Waals surface area contributed by atoms with E-state index >= 15 is 0 Å². The molecule has 0 spiro atoms. The molecule has 7 heteroatoms. The number of hydrogen-bond acceptors (Lipinski definition) is 2. The van der Waals surface area contributed by atoms with E-state index in [1.165, 1.54) is 6.92 Å². The molecule has 0 N–H and O–H groups in total. The highest BCUT2D eigenvalue weighted by atomic mass is 35.5. The molecule has 1 rings (SSSR count). The first-order valence-corrected chi connectivity index (χ1v) is 5.84. The summed E-state index contributed by atoms with van der Waals surface area (Å²) in [7, 11) is 0. The third-order valence-corrected chi connectivity index (χ3v) is 2.79. The highest BCUT2D eigenvalue weighted by Crippen LogP contribution is 2.23. The number of amides is 1. The second-order valence-corrected chi connectivity index (χ2v) is 4.70. The highest BCUT2D eigenvalue weighted by Gasteiger charge is 2.37. The Balaban J connectivity index is 2.73. The van der Waals surface area contributed by atoms with Crippen LogP contribution in [-0.2, 0) is 9.53 Å². The summed E-state index contributed by atoms with van der Waals surface area (Å²) in [4.78, 5) is 12.5. The second kappa shape index (κ2) is 5.91. The summed E-state index contributed by atoms with van der Waals surface area (Å²) in [5, 5.41) is -0.944. The van der Waals surface area contributed by atoms with Crippen LogP contribution in [-0.4, -0.2) is 48.2 Å². The maximum absolute atomic E-state index is 12.4. The minimum atomic E-state index is -4.40. The van der Waals surface area contributed by atoms with Crippen LogP contribution in [0.4, 0.5) is 13.2 Å². The van der Waals surface area contributed by atoms with Crippen LogP contribution in [0.1, 0.15) is 19.8 Å². The van der Waals surface area contributed by atoms with Crippen molar-refractivity contribution in [1.82, 2.24) is 4.90 Å². The van der Waals surface area contributed by atoms with Crippen LogP contribution in [0.15, 0.2) is 0 Å². The van der Waals surface area contributed by atoms with Crippen LogP contribution in [0.3, 0.4) is 0 Å². The van der Waals surface area contributed by atoms with E-state index in [0.29, 0.717) is 26.1 Å². The number of hydrogen-bond donors (Lipinski definition) is 0. The average molecular weight is 274 g/mol. The van der Waals surface area contributed by atoms with Gasteiger partial charge in [0.25, 0.3) is 0 Å². The van der Waals surface area contributed by atoms with Gasteiger partial charge in [-0.1, -0.05) is 0 Å². The molecule has 1 unspecified atom stereocenters. The first kappa shape index (κ1) is 14.6. The fraction of sp³-hybridized carbons (Fsp3) is 0.900. The van der Waals surface area contributed by atoms with Crippen LogP contribution >= 0.6 is 11.6 Å². The number of ether oxygens (including phenoxy) is 1. The van der Waals surface area contributed by atoms with Crippen LogP contribution < -0.4 is 0 Å². The van der Waals surface area contributed by atoms with Gasteiger partial charge >= 0.3 is 6.18 Å². The molecular weight excluding hydrogens is 259 g/mol. The van der Waals surface area contributed by atoms with Crippen LogP contribution in [0.5, 0.6) is 0 Å². The van der Waals surface area contributed by atoms with Crippen LogP contribution in [0.25, 0.3) is 0 Å². The standard InChI is InChI=1S/C10H15ClF3NO2/c1-7(11)9(16)15(6-10(12,13)14)8-2-4-17-5-3-8/h7-8H,2-6H2,1H3. The Kier molecular flexibility index (Phi) is 5.06. The van der Waals surface area contributed by atoms with E-state index in [1.54, 1.807) is 0 Å². The Morgan fingerprint density at radius 3 is 2.41 bits per heavy atom. The monoisotopic (exact) mass is 273 g/mol. The lowest BCUT2D eigenvalue weighted by Crippen LogP contribution is -2.50. The lowest BCUT2D eigenvalue weighted by Gasteiger charge is -2.35. The van der Waals surface area contributed by atoms with Crippen molar-refractivity contribution in [2.24, 2.45) is 0 Å². The quantitative estimate of drug-likeness (QED) is 0.738. The molecule has 1 amide bonds. The van der Waals surface area contributed by atoms with Gasteiger partial charge < -0.3 is 9.64 Å². The van der Waals surface area contributed by atoms with Crippen molar-refractivity contribution < 1.29 is 22.7 Å². The number of rotatable bonds is 3. The number of carbonyl (C=O) groups is 1. The molecule has 0 aromatic heterocycles. The van der Waals surface area contributed by atoms with Gasteiger partial charge in [0.05, 0.1) is 0 Å². The van der Waals surface area contributed by atoms with Gasteiger partial charge in [-0.25, -0.2) is 0 Å². The molecule has 1 fully saturated rings. The fourth-order valence-electron chi connectivity index (χ4n) is 1.81. The van der Waals surface area contributed by atoms with Gasteiger partial charge in [0.2, 0.25) is 5.91 Å². The zero-order valence-electron chi connectivity index (χ0n) is 9.47. The number of alkyl halides is 4. The summed E-state index contributed by atoms with van der Waals surface area (Å²) in [6.45, 7) is 0.895. The number of nitrogens with zero attached hydrogens (tertiary/aromatic N) is 1. The number of carbonyl (C=O) groups excluding carboxylic acids is 1. The zero-order chi connectivity index (χ0) is 13.1. The van der Waals surface area contributed by atoms with E-state index in [2.05, 4.69) is 0 Å². The Labute approximate surface area is 103 Å². The van der Waals surface area contributed by atoms with Crippen molar-refractivity contribution in [2.75, 3.05) is 19.8 Å². The van der Waals surface area contributed by atoms with Crippen LogP contribution in [0.2, 0.25) is 0 Å². The normalized spacial score (nSPS) is 20.1. The highest BCUT2D eigenvalue weighted by molar-refractivity contribution is 6.30. The molecule has 100 valence electrons. The maximum Gasteiger partial charge on any atom is 0.406 e. The molecular formula is C10H15ClF3NO2. The molecule has 3 nitrogen and oxygen atoms in total. The fourth-order valence-corrected chi connectivity index (χ4v) is 1.93. The van der Waals surface area contributed by atoms with Crippen molar-refractivity contribution in [3.05, 3.63) is 0 Å². The summed E-state index contributed by atoms with van der Waals surface area (Å²) in [5.74, 6) is -0.670. The van der Waals surface area contributed by atoms with E-state index in [0.717, 1.165) is 4.90 Å². The van der Waals surface area contributed by atoms with Gasteiger partial charge in [-0.2, -0.15) is 13.2 Å². The van der Waals surface area contributed by atoms with Crippen molar-refractivity contribution in [1.29, 1.82) is 0 Å². The molecule has 0 saturated carbocycles. The summed E-state index contributed by atoms with van der Waals surface area (Å²) in [6, 6.07) is -0.431. The Morgan fingerprint density at radius 1 is 1.47 bits per heavy atom. The third-order valence-electron chi connectivity index (χ3n) is 2.60. The van der Waals surface area contributed by atoms with Crippen molar-refractivity contribution >= 4 is 17.5 Å². The summed E-state index contributed by atoms with van der Waals surface area (Å²) in [6.07, 6.45) is -3.56. The molecule has 0 bridgehead atoms. The van der Waals surface area contributed by atoms with Gasteiger partial charge in [-0.15, -0.1) is 11.6 Å². The van der Waals surface area contributed by atoms with Gasteiger partial charge in [-0.05, 0) is 19.8 Å². The van der Waals surface area contributed by atoms with Gasteiger partial charge in [0.1, 0.15) is 11.9 Å². The predicted octanol–water partition coefficient (Wildman–Crippen LogP) is 2.18. The van der Waals surface area contributed by atoms with E-state index < -0.39 is 30.0 Å². The topological polar surface area (TPSA) is 29.5 Å². The molecule has 0 radical (unpaired) electrons. The van der Waals surface area contributed by atoms with E-state index in [9.17, 15) is 18.0 Å². The predicted molar refractivity (Wildman–Crippen MR) is 56.9 cm³/mol. The minimum absolute atomic E-state index is 0.378. The molecule has 0 aliphatic carbocycles. The zero-order valence-corrected chi connectivity index (χ0v) is 10.2. The minimum Gasteiger partial charge on any atom is -0.381 e. The molecule has 1 heterocycles. The molecule has 17 heavy (non-hydrogen) atoms. The van der Waals surface area contributed by atoms with Gasteiger partial charge in [0.15, 0.2) is 0 Å². The Morgan fingerprint density at radius 2 is 2.00 bits per heavy atom. The van der Waals surface area contributed by atoms with Crippen molar-refractivity contribution in [3.8, 4) is 0 Å². The first-order valence-electron chi connectivity index (χ1n) is 5.40. The molecule has 0 aromatic carbocycles. The van der Waals surface area contributed by atoms with E-state index in [-0.39, 0.29) is 0 Å². The van der Waals surface area contributed by atoms with Gasteiger partial charge in [-0.3, -0.25) is 4.79 Å². The Hall–Kier alpha value is -0.490. The summed E-state index contributed by atoms with van der Waals surface area (Å²) in [5.41, 5.74) is 0. The van der Waals surface area contributed by atoms with E-state index in [4.69, 9.17) is 16.3 Å².